The molecule has 1 aliphatic rings. The fourth-order valence-corrected chi connectivity index (χ4v) is 3.83. The molecule has 0 unspecified atom stereocenters. The highest BCUT2D eigenvalue weighted by atomic mass is 79.9. The Morgan fingerprint density at radius 1 is 1.00 bits per heavy atom. The van der Waals surface area contributed by atoms with Gasteiger partial charge < -0.3 is 0 Å². The SMILES string of the molecule is Brc1cccc(-n2c3ccccc3n3c4c(nc23)CCC=C4)c1. The smallest absolute Gasteiger partial charge is 0.220 e. The van der Waals surface area contributed by atoms with Crippen LogP contribution in [0.1, 0.15) is 17.8 Å². The molecule has 112 valence electrons. The number of allylic oxidation sites excluding steroid dienone is 1. The molecule has 0 aliphatic heterocycles. The van der Waals surface area contributed by atoms with Gasteiger partial charge in [-0.05, 0) is 49.2 Å². The minimum atomic E-state index is 0.987. The largest absolute Gasteiger partial charge is 0.278 e. The van der Waals surface area contributed by atoms with Gasteiger partial charge in [-0.25, -0.2) is 4.98 Å². The molecule has 1 aliphatic carbocycles. The van der Waals surface area contributed by atoms with Crippen LogP contribution in [0, 0.1) is 0 Å². The average Bonchev–Trinajstić information content (AvgIpc) is 3.09. The molecule has 0 bridgehead atoms. The second-order valence-corrected chi connectivity index (χ2v) is 6.74. The number of hydrogen-bond donors (Lipinski definition) is 0. The highest BCUT2D eigenvalue weighted by Gasteiger charge is 2.20. The lowest BCUT2D eigenvalue weighted by Gasteiger charge is -2.06. The maximum atomic E-state index is 4.96. The molecule has 4 heteroatoms. The Bertz CT molecular complexity index is 1080. The van der Waals surface area contributed by atoms with Crippen molar-refractivity contribution in [1.82, 2.24) is 14.0 Å². The minimum absolute atomic E-state index is 0.987. The summed E-state index contributed by atoms with van der Waals surface area (Å²) in [5, 5.41) is 0. The second-order valence-electron chi connectivity index (χ2n) is 5.82. The van der Waals surface area contributed by atoms with E-state index in [0.717, 1.165) is 28.8 Å². The van der Waals surface area contributed by atoms with Crippen molar-refractivity contribution in [2.45, 2.75) is 12.8 Å². The van der Waals surface area contributed by atoms with Crippen molar-refractivity contribution in [3.8, 4) is 5.69 Å². The zero-order chi connectivity index (χ0) is 15.4. The Balaban J connectivity index is 1.97. The van der Waals surface area contributed by atoms with Crippen molar-refractivity contribution in [2.24, 2.45) is 0 Å². The number of aromatic nitrogens is 3. The summed E-state index contributed by atoms with van der Waals surface area (Å²) in [5.41, 5.74) is 5.91. The third-order valence-corrected chi connectivity index (χ3v) is 4.92. The predicted molar refractivity (Wildman–Crippen MR) is 97.1 cm³/mol. The first-order valence-electron chi connectivity index (χ1n) is 7.76. The Hall–Kier alpha value is -2.33. The summed E-state index contributed by atoms with van der Waals surface area (Å²) in [6.07, 6.45) is 6.53. The lowest BCUT2D eigenvalue weighted by atomic mass is 10.1. The molecule has 0 spiro atoms. The van der Waals surface area contributed by atoms with Crippen molar-refractivity contribution in [1.29, 1.82) is 0 Å². The Morgan fingerprint density at radius 2 is 1.87 bits per heavy atom. The molecule has 0 atom stereocenters. The van der Waals surface area contributed by atoms with Gasteiger partial charge >= 0.3 is 0 Å². The first-order chi connectivity index (χ1) is 11.3. The van der Waals surface area contributed by atoms with Gasteiger partial charge in [-0.3, -0.25) is 8.97 Å². The summed E-state index contributed by atoms with van der Waals surface area (Å²) in [5.74, 6) is 0.987. The minimum Gasteiger partial charge on any atom is -0.278 e. The first-order valence-corrected chi connectivity index (χ1v) is 8.55. The van der Waals surface area contributed by atoms with E-state index in [0.29, 0.717) is 0 Å². The van der Waals surface area contributed by atoms with Gasteiger partial charge in [0.25, 0.3) is 0 Å². The number of aryl methyl sites for hydroxylation is 1. The Kier molecular flexibility index (Phi) is 2.76. The zero-order valence-corrected chi connectivity index (χ0v) is 14.0. The molecule has 0 saturated carbocycles. The molecule has 0 amide bonds. The molecule has 3 nitrogen and oxygen atoms in total. The third-order valence-electron chi connectivity index (χ3n) is 4.42. The van der Waals surface area contributed by atoms with Crippen LogP contribution >= 0.6 is 15.9 Å². The summed E-state index contributed by atoms with van der Waals surface area (Å²) in [6.45, 7) is 0. The molecule has 0 fully saturated rings. The van der Waals surface area contributed by atoms with Gasteiger partial charge in [0, 0.05) is 4.47 Å². The molecular weight excluding hydrogens is 350 g/mol. The molecular formula is C19H14BrN3. The van der Waals surface area contributed by atoms with Crippen molar-refractivity contribution in [3.05, 3.63) is 70.5 Å². The van der Waals surface area contributed by atoms with Crippen LogP contribution in [-0.4, -0.2) is 14.0 Å². The number of rotatable bonds is 1. The van der Waals surface area contributed by atoms with Crippen LogP contribution in [0.15, 0.2) is 59.1 Å². The van der Waals surface area contributed by atoms with Crippen LogP contribution in [0.3, 0.4) is 0 Å². The molecule has 5 rings (SSSR count). The van der Waals surface area contributed by atoms with E-state index in [1.165, 1.54) is 22.4 Å². The normalized spacial score (nSPS) is 13.8. The Morgan fingerprint density at radius 3 is 2.74 bits per heavy atom. The quantitative estimate of drug-likeness (QED) is 0.466. The van der Waals surface area contributed by atoms with E-state index in [-0.39, 0.29) is 0 Å². The maximum Gasteiger partial charge on any atom is 0.220 e. The van der Waals surface area contributed by atoms with Gasteiger partial charge in [0.05, 0.1) is 28.1 Å². The van der Waals surface area contributed by atoms with Crippen LogP contribution < -0.4 is 0 Å². The molecule has 23 heavy (non-hydrogen) atoms. The highest BCUT2D eigenvalue weighted by Crippen LogP contribution is 2.30. The maximum absolute atomic E-state index is 4.96. The molecule has 0 saturated heterocycles. The zero-order valence-electron chi connectivity index (χ0n) is 12.4. The number of para-hydroxylation sites is 2. The van der Waals surface area contributed by atoms with Gasteiger partial charge in [0.1, 0.15) is 0 Å². The molecule has 0 N–H and O–H groups in total. The van der Waals surface area contributed by atoms with Crippen LogP contribution in [-0.2, 0) is 6.42 Å². The van der Waals surface area contributed by atoms with E-state index in [1.807, 2.05) is 6.07 Å². The van der Waals surface area contributed by atoms with Crippen molar-refractivity contribution < 1.29 is 0 Å². The first kappa shape index (κ1) is 13.1. The van der Waals surface area contributed by atoms with Crippen LogP contribution in [0.4, 0.5) is 0 Å². The summed E-state index contributed by atoms with van der Waals surface area (Å²) in [7, 11) is 0. The average molecular weight is 364 g/mol. The van der Waals surface area contributed by atoms with E-state index in [9.17, 15) is 0 Å². The van der Waals surface area contributed by atoms with E-state index >= 15 is 0 Å². The number of imidazole rings is 2. The van der Waals surface area contributed by atoms with Crippen LogP contribution in [0.25, 0.3) is 28.6 Å². The van der Waals surface area contributed by atoms with E-state index in [1.54, 1.807) is 0 Å². The fourth-order valence-electron chi connectivity index (χ4n) is 3.44. The van der Waals surface area contributed by atoms with Crippen molar-refractivity contribution in [3.63, 3.8) is 0 Å². The van der Waals surface area contributed by atoms with Crippen molar-refractivity contribution >= 4 is 38.8 Å². The number of hydrogen-bond acceptors (Lipinski definition) is 1. The van der Waals surface area contributed by atoms with Gasteiger partial charge in [0.15, 0.2) is 0 Å². The van der Waals surface area contributed by atoms with Gasteiger partial charge in [-0.1, -0.05) is 40.2 Å². The Labute approximate surface area is 142 Å². The third kappa shape index (κ3) is 1.85. The van der Waals surface area contributed by atoms with E-state index in [4.69, 9.17) is 4.98 Å². The van der Waals surface area contributed by atoms with Crippen LogP contribution in [0.2, 0.25) is 0 Å². The summed E-state index contributed by atoms with van der Waals surface area (Å²) in [4.78, 5) is 4.96. The van der Waals surface area contributed by atoms with Gasteiger partial charge in [-0.15, -0.1) is 0 Å². The lowest BCUT2D eigenvalue weighted by molar-refractivity contribution is 0.940. The summed E-state index contributed by atoms with van der Waals surface area (Å²) < 4.78 is 5.59. The monoisotopic (exact) mass is 363 g/mol. The topological polar surface area (TPSA) is 22.2 Å². The molecule has 2 aromatic carbocycles. The van der Waals surface area contributed by atoms with E-state index < -0.39 is 0 Å². The second kappa shape index (κ2) is 4.83. The number of nitrogens with zero attached hydrogens (tertiary/aromatic N) is 3. The summed E-state index contributed by atoms with van der Waals surface area (Å²) in [6, 6.07) is 16.9. The molecule has 2 aromatic heterocycles. The molecule has 2 heterocycles. The van der Waals surface area contributed by atoms with Crippen molar-refractivity contribution in [2.75, 3.05) is 0 Å². The fraction of sp³-hybridized carbons (Fsp3) is 0.105. The molecule has 4 aromatic rings. The predicted octanol–water partition coefficient (Wildman–Crippen LogP) is 5.00. The van der Waals surface area contributed by atoms with E-state index in [2.05, 4.69) is 79.5 Å². The van der Waals surface area contributed by atoms with Gasteiger partial charge in [-0.2, -0.15) is 0 Å². The number of halogens is 1. The standard InChI is InChI=1S/C19H14BrN3/c20-13-6-5-7-14(12-13)22-17-10-3-4-11-18(17)23-16-9-2-1-8-15(16)21-19(22)23/h2-7,9-12H,1,8H2. The number of benzene rings is 2. The van der Waals surface area contributed by atoms with Crippen LogP contribution in [0.5, 0.6) is 0 Å². The lowest BCUT2D eigenvalue weighted by Crippen LogP contribution is -1.96. The highest BCUT2D eigenvalue weighted by molar-refractivity contribution is 9.10. The summed E-state index contributed by atoms with van der Waals surface area (Å²) >= 11 is 3.58. The van der Waals surface area contributed by atoms with Gasteiger partial charge in [0.2, 0.25) is 5.78 Å². The molecule has 0 radical (unpaired) electrons. The number of fused-ring (bicyclic) bond motifs is 5.